The van der Waals surface area contributed by atoms with Crippen LogP contribution in [0.2, 0.25) is 5.02 Å². The van der Waals surface area contributed by atoms with Gasteiger partial charge in [0.2, 0.25) is 5.91 Å². The highest BCUT2D eigenvalue weighted by Gasteiger charge is 2.69. The molecule has 0 aliphatic heterocycles. The topological polar surface area (TPSA) is 67.2 Å². The van der Waals surface area contributed by atoms with Gasteiger partial charge in [0.25, 0.3) is 0 Å². The zero-order valence-corrected chi connectivity index (χ0v) is 23.7. The highest BCUT2D eigenvalue weighted by atomic mass is 79.9. The Bertz CT molecular complexity index is 1510. The first-order valence-corrected chi connectivity index (χ1v) is 14.6. The molecule has 4 N–H and O–H groups in total. The zero-order chi connectivity index (χ0) is 29.2. The van der Waals surface area contributed by atoms with Crippen molar-refractivity contribution in [2.45, 2.75) is 21.7 Å². The fraction of sp³-hybridized carbons (Fsp3) is 0.174. The fourth-order valence-electron chi connectivity index (χ4n) is 3.96. The first kappa shape index (κ1) is 29.9. The van der Waals surface area contributed by atoms with Gasteiger partial charge in [-0.05, 0) is 59.7 Å². The number of anilines is 3. The molecule has 1 fully saturated rings. The summed E-state index contributed by atoms with van der Waals surface area (Å²) in [4.78, 5) is 10.8. The first-order valence-electron chi connectivity index (χ1n) is 10.7. The van der Waals surface area contributed by atoms with Gasteiger partial charge in [0.1, 0.15) is 20.7 Å². The van der Waals surface area contributed by atoms with Crippen LogP contribution in [0.4, 0.5) is 45.3 Å². The molecule has 3 aromatic rings. The van der Waals surface area contributed by atoms with Crippen LogP contribution in [0.3, 0.4) is 0 Å². The molecule has 16 heteroatoms. The normalized spacial score (nSPS) is 20.1. The summed E-state index contributed by atoms with van der Waals surface area (Å²) in [5.41, 5.74) is 4.81. The predicted octanol–water partition coefficient (Wildman–Crippen LogP) is 9.76. The molecular formula is C23H16BrCl3F7N3OS. The number of nitrogens with two attached hydrogens (primary N) is 1. The summed E-state index contributed by atoms with van der Waals surface area (Å²) in [6.45, 7) is -0.0687. The third kappa shape index (κ3) is 6.32. The SMILES string of the molecule is Nc1c(F)ccc(NCc2cc(NC(=O)C3C(c4cc(Br)cc(S(F)(F)(F)(F)F)c4)C3(Cl)Cl)ccc2Cl)c1F. The second kappa shape index (κ2) is 9.23. The van der Waals surface area contributed by atoms with Crippen molar-refractivity contribution in [3.05, 3.63) is 80.8 Å². The van der Waals surface area contributed by atoms with Gasteiger partial charge in [0, 0.05) is 27.6 Å². The van der Waals surface area contributed by atoms with E-state index in [0.29, 0.717) is 5.56 Å². The molecular weight excluding hydrogens is 686 g/mol. The average Bonchev–Trinajstić information content (AvgIpc) is 3.39. The Morgan fingerprint density at radius 2 is 1.69 bits per heavy atom. The minimum atomic E-state index is -10.0. The van der Waals surface area contributed by atoms with Crippen molar-refractivity contribution in [3.63, 3.8) is 0 Å². The van der Waals surface area contributed by atoms with Gasteiger partial charge in [0.05, 0.1) is 11.6 Å². The van der Waals surface area contributed by atoms with E-state index < -0.39 is 54.5 Å². The number of nitrogens with one attached hydrogen (secondary N) is 2. The van der Waals surface area contributed by atoms with Crippen LogP contribution in [-0.2, 0) is 11.3 Å². The predicted molar refractivity (Wildman–Crippen MR) is 144 cm³/mol. The number of rotatable bonds is 7. The van der Waals surface area contributed by atoms with E-state index in [0.717, 1.165) is 18.2 Å². The van der Waals surface area contributed by atoms with E-state index in [4.69, 9.17) is 40.5 Å². The molecule has 2 atom stereocenters. The summed E-state index contributed by atoms with van der Waals surface area (Å²) in [5, 5.41) is 5.45. The molecule has 0 saturated heterocycles. The van der Waals surface area contributed by atoms with E-state index in [1.54, 1.807) is 0 Å². The maximum atomic E-state index is 14.2. The number of benzene rings is 3. The third-order valence-corrected chi connectivity index (χ3v) is 8.84. The van der Waals surface area contributed by atoms with Crippen LogP contribution >= 0.6 is 61.0 Å². The van der Waals surface area contributed by atoms with Crippen LogP contribution in [0.5, 0.6) is 0 Å². The molecule has 0 radical (unpaired) electrons. The second-order valence-electron chi connectivity index (χ2n) is 8.79. The zero-order valence-electron chi connectivity index (χ0n) is 19.0. The molecule has 2 unspecified atom stereocenters. The smallest absolute Gasteiger partial charge is 0.310 e. The number of amides is 1. The van der Waals surface area contributed by atoms with Gasteiger partial charge in [-0.1, -0.05) is 47.0 Å². The van der Waals surface area contributed by atoms with Gasteiger partial charge >= 0.3 is 10.2 Å². The van der Waals surface area contributed by atoms with E-state index in [2.05, 4.69) is 26.6 Å². The number of carbonyl (C=O) groups is 1. The lowest BCUT2D eigenvalue weighted by Gasteiger charge is -2.40. The molecule has 1 aliphatic rings. The quantitative estimate of drug-likeness (QED) is 0.131. The molecule has 0 spiro atoms. The fourth-order valence-corrected chi connectivity index (χ4v) is 6.34. The Balaban J connectivity index is 1.53. The van der Waals surface area contributed by atoms with Gasteiger partial charge < -0.3 is 16.4 Å². The maximum Gasteiger partial charge on any atom is 0.310 e. The lowest BCUT2D eigenvalue weighted by atomic mass is 10.1. The van der Waals surface area contributed by atoms with Crippen molar-refractivity contribution >= 4 is 83.9 Å². The minimum Gasteiger partial charge on any atom is -0.394 e. The molecule has 0 heterocycles. The first-order chi connectivity index (χ1) is 17.7. The molecule has 4 rings (SSSR count). The van der Waals surface area contributed by atoms with Crippen LogP contribution < -0.4 is 16.4 Å². The molecule has 1 saturated carbocycles. The summed E-state index contributed by atoms with van der Waals surface area (Å²) >= 11 is 21.4. The molecule has 0 aromatic heterocycles. The van der Waals surface area contributed by atoms with Crippen molar-refractivity contribution in [1.82, 2.24) is 0 Å². The van der Waals surface area contributed by atoms with Crippen LogP contribution in [0.25, 0.3) is 0 Å². The second-order valence-corrected chi connectivity index (χ2v) is 14.0. The molecule has 1 aliphatic carbocycles. The van der Waals surface area contributed by atoms with Gasteiger partial charge in [-0.15, -0.1) is 23.2 Å². The van der Waals surface area contributed by atoms with E-state index >= 15 is 0 Å². The van der Waals surface area contributed by atoms with Crippen molar-refractivity contribution < 1.29 is 33.0 Å². The standard InChI is InChI=1S/C23H16BrCl3F7N3OS/c24-12-5-10(7-14(8-12)39(30,31,32,33)34)18-19(23(18,26)27)22(38)37-13-1-2-15(25)11(6-13)9-36-17-4-3-16(28)21(35)20(17)29/h1-8,18-19,36H,9,35H2,(H,37,38). The largest absolute Gasteiger partial charge is 0.394 e. The van der Waals surface area contributed by atoms with E-state index in [1.807, 2.05) is 0 Å². The Kier molecular flexibility index (Phi) is 7.08. The third-order valence-electron chi connectivity index (χ3n) is 5.94. The minimum absolute atomic E-state index is 0.0687. The number of alkyl halides is 2. The van der Waals surface area contributed by atoms with Crippen molar-refractivity contribution in [2.24, 2.45) is 5.92 Å². The number of hydrogen-bond donors (Lipinski definition) is 3. The summed E-state index contributed by atoms with van der Waals surface area (Å²) in [6, 6.07) is 7.95. The van der Waals surface area contributed by atoms with E-state index in [-0.39, 0.29) is 45.1 Å². The van der Waals surface area contributed by atoms with Crippen molar-refractivity contribution in [3.8, 4) is 0 Å². The van der Waals surface area contributed by atoms with Crippen molar-refractivity contribution in [1.29, 1.82) is 0 Å². The number of nitrogen functional groups attached to an aromatic ring is 1. The lowest BCUT2D eigenvalue weighted by molar-refractivity contribution is -0.117. The highest BCUT2D eigenvalue weighted by Crippen LogP contribution is 3.02. The molecule has 4 nitrogen and oxygen atoms in total. The van der Waals surface area contributed by atoms with Gasteiger partial charge in [-0.3, -0.25) is 4.79 Å². The van der Waals surface area contributed by atoms with Crippen LogP contribution in [0, 0.1) is 17.6 Å². The van der Waals surface area contributed by atoms with Gasteiger partial charge in [-0.25, -0.2) is 8.78 Å². The Labute approximate surface area is 240 Å². The number of hydrogen-bond acceptors (Lipinski definition) is 3. The number of halogens is 11. The van der Waals surface area contributed by atoms with E-state index in [1.165, 1.54) is 18.2 Å². The lowest BCUT2D eigenvalue weighted by Crippen LogP contribution is -2.17. The van der Waals surface area contributed by atoms with Gasteiger partial charge in [-0.2, -0.15) is 0 Å². The van der Waals surface area contributed by atoms with E-state index in [9.17, 15) is 33.0 Å². The monoisotopic (exact) mass is 699 g/mol. The summed E-state index contributed by atoms with van der Waals surface area (Å²) < 4.78 is 92.4. The van der Waals surface area contributed by atoms with Crippen molar-refractivity contribution in [2.75, 3.05) is 16.4 Å². The highest BCUT2D eigenvalue weighted by molar-refractivity contribution is 9.10. The van der Waals surface area contributed by atoms with Crippen LogP contribution in [0.15, 0.2) is 57.9 Å². The molecule has 1 amide bonds. The summed E-state index contributed by atoms with van der Waals surface area (Å²) in [6.07, 6.45) is 0. The Morgan fingerprint density at radius 1 is 1.03 bits per heavy atom. The molecule has 39 heavy (non-hydrogen) atoms. The summed E-state index contributed by atoms with van der Waals surface area (Å²) in [5.74, 6) is -5.23. The van der Waals surface area contributed by atoms with Crippen LogP contribution in [-0.4, -0.2) is 10.2 Å². The Morgan fingerprint density at radius 3 is 2.33 bits per heavy atom. The summed E-state index contributed by atoms with van der Waals surface area (Å²) in [7, 11) is -10.0. The maximum absolute atomic E-state index is 14.2. The molecule has 3 aromatic carbocycles. The molecule has 0 bridgehead atoms. The number of carbonyl (C=O) groups excluding carboxylic acids is 1. The average molecular weight is 702 g/mol. The molecule has 212 valence electrons. The van der Waals surface area contributed by atoms with Crippen LogP contribution in [0.1, 0.15) is 17.0 Å². The Hall–Kier alpha value is -2.06. The van der Waals surface area contributed by atoms with Gasteiger partial charge in [0.15, 0.2) is 5.82 Å².